The van der Waals surface area contributed by atoms with Crippen molar-refractivity contribution >= 4 is 5.97 Å². The number of aromatic hydroxyl groups is 2. The number of aliphatic carboxylic acids is 1. The van der Waals surface area contributed by atoms with E-state index in [1.165, 1.54) is 18.2 Å². The minimum absolute atomic E-state index is 0.0376. The summed E-state index contributed by atoms with van der Waals surface area (Å²) in [5.74, 6) is -1.04. The van der Waals surface area contributed by atoms with Crippen molar-refractivity contribution < 1.29 is 20.1 Å². The van der Waals surface area contributed by atoms with E-state index >= 15 is 0 Å². The second-order valence-electron chi connectivity index (χ2n) is 4.18. The number of benzene rings is 1. The van der Waals surface area contributed by atoms with Crippen LogP contribution in [-0.4, -0.2) is 21.3 Å². The summed E-state index contributed by atoms with van der Waals surface area (Å²) in [5.41, 5.74) is -0.422. The SMILES string of the molecule is CC(C)(Cc1ccc(O)cc1O)C(=O)O. The smallest absolute Gasteiger partial charge is 0.309 e. The molecular formula is C11H14O4. The third-order valence-corrected chi connectivity index (χ3v) is 2.28. The van der Waals surface area contributed by atoms with Gasteiger partial charge in [-0.2, -0.15) is 0 Å². The lowest BCUT2D eigenvalue weighted by Gasteiger charge is -2.19. The highest BCUT2D eigenvalue weighted by atomic mass is 16.4. The highest BCUT2D eigenvalue weighted by molar-refractivity contribution is 5.74. The van der Waals surface area contributed by atoms with Crippen molar-refractivity contribution in [1.29, 1.82) is 0 Å². The summed E-state index contributed by atoms with van der Waals surface area (Å²) in [6, 6.07) is 4.15. The van der Waals surface area contributed by atoms with Crippen molar-refractivity contribution in [3.8, 4) is 11.5 Å². The van der Waals surface area contributed by atoms with Gasteiger partial charge in [0.15, 0.2) is 0 Å². The average molecular weight is 210 g/mol. The Morgan fingerprint density at radius 1 is 1.33 bits per heavy atom. The van der Waals surface area contributed by atoms with E-state index in [9.17, 15) is 9.90 Å². The molecule has 0 saturated carbocycles. The molecule has 1 rings (SSSR count). The summed E-state index contributed by atoms with van der Waals surface area (Å²) in [4.78, 5) is 10.9. The van der Waals surface area contributed by atoms with Crippen molar-refractivity contribution in [2.75, 3.05) is 0 Å². The van der Waals surface area contributed by atoms with Gasteiger partial charge in [-0.3, -0.25) is 4.79 Å². The van der Waals surface area contributed by atoms with Gasteiger partial charge in [0.05, 0.1) is 5.41 Å². The van der Waals surface area contributed by atoms with Gasteiger partial charge in [-0.1, -0.05) is 6.07 Å². The molecule has 82 valence electrons. The van der Waals surface area contributed by atoms with Gasteiger partial charge in [0.25, 0.3) is 0 Å². The van der Waals surface area contributed by atoms with Crippen LogP contribution in [0.2, 0.25) is 0 Å². The lowest BCUT2D eigenvalue weighted by molar-refractivity contribution is -0.146. The fourth-order valence-electron chi connectivity index (χ4n) is 1.25. The van der Waals surface area contributed by atoms with E-state index in [1.54, 1.807) is 13.8 Å². The second-order valence-corrected chi connectivity index (χ2v) is 4.18. The molecule has 1 aromatic carbocycles. The summed E-state index contributed by atoms with van der Waals surface area (Å²) in [7, 11) is 0. The van der Waals surface area contributed by atoms with E-state index in [0.717, 1.165) is 0 Å². The second kappa shape index (κ2) is 3.81. The molecule has 4 heteroatoms. The van der Waals surface area contributed by atoms with E-state index in [-0.39, 0.29) is 17.9 Å². The zero-order valence-electron chi connectivity index (χ0n) is 8.69. The number of carboxylic acid groups (broad SMARTS) is 1. The van der Waals surface area contributed by atoms with Gasteiger partial charge in [-0.25, -0.2) is 0 Å². The van der Waals surface area contributed by atoms with Gasteiger partial charge in [0.1, 0.15) is 11.5 Å². The first-order valence-electron chi connectivity index (χ1n) is 4.57. The molecule has 0 aliphatic carbocycles. The van der Waals surface area contributed by atoms with E-state index in [1.807, 2.05) is 0 Å². The molecule has 0 fully saturated rings. The molecule has 0 aliphatic heterocycles. The molecule has 4 nitrogen and oxygen atoms in total. The fraction of sp³-hybridized carbons (Fsp3) is 0.364. The summed E-state index contributed by atoms with van der Waals surface area (Å²) in [5, 5.41) is 27.5. The maximum atomic E-state index is 10.9. The molecule has 3 N–H and O–H groups in total. The molecule has 1 aromatic rings. The van der Waals surface area contributed by atoms with Crippen LogP contribution in [0.25, 0.3) is 0 Å². The Balaban J connectivity index is 2.95. The highest BCUT2D eigenvalue weighted by Crippen LogP contribution is 2.29. The first kappa shape index (κ1) is 11.4. The van der Waals surface area contributed by atoms with Gasteiger partial charge in [-0.15, -0.1) is 0 Å². The molecule has 15 heavy (non-hydrogen) atoms. The maximum absolute atomic E-state index is 10.9. The molecule has 0 heterocycles. The largest absolute Gasteiger partial charge is 0.508 e. The first-order valence-corrected chi connectivity index (χ1v) is 4.57. The van der Waals surface area contributed by atoms with E-state index in [2.05, 4.69) is 0 Å². The van der Waals surface area contributed by atoms with Crippen LogP contribution in [0.3, 0.4) is 0 Å². The lowest BCUT2D eigenvalue weighted by Crippen LogP contribution is -2.26. The summed E-state index contributed by atoms with van der Waals surface area (Å²) in [6.07, 6.45) is 0.217. The van der Waals surface area contributed by atoms with Gasteiger partial charge in [0.2, 0.25) is 0 Å². The van der Waals surface area contributed by atoms with Crippen molar-refractivity contribution in [1.82, 2.24) is 0 Å². The first-order chi connectivity index (χ1) is 6.83. The third-order valence-electron chi connectivity index (χ3n) is 2.28. The van der Waals surface area contributed by atoms with Gasteiger partial charge < -0.3 is 15.3 Å². The molecule has 0 bridgehead atoms. The van der Waals surface area contributed by atoms with Crippen LogP contribution in [0.1, 0.15) is 19.4 Å². The van der Waals surface area contributed by atoms with Crippen LogP contribution < -0.4 is 0 Å². The zero-order valence-corrected chi connectivity index (χ0v) is 8.69. The topological polar surface area (TPSA) is 77.8 Å². The molecule has 0 saturated heterocycles. The van der Waals surface area contributed by atoms with Gasteiger partial charge in [0, 0.05) is 6.07 Å². The fourth-order valence-corrected chi connectivity index (χ4v) is 1.25. The standard InChI is InChI=1S/C11H14O4/c1-11(2,10(14)15)6-7-3-4-8(12)5-9(7)13/h3-5,12-13H,6H2,1-2H3,(H,14,15). The van der Waals surface area contributed by atoms with Crippen LogP contribution in [0.15, 0.2) is 18.2 Å². The van der Waals surface area contributed by atoms with Crippen molar-refractivity contribution in [2.24, 2.45) is 5.41 Å². The minimum Gasteiger partial charge on any atom is -0.508 e. The van der Waals surface area contributed by atoms with Crippen LogP contribution in [-0.2, 0) is 11.2 Å². The molecule has 0 unspecified atom stereocenters. The number of carboxylic acids is 1. The highest BCUT2D eigenvalue weighted by Gasteiger charge is 2.28. The molecule has 0 amide bonds. The quantitative estimate of drug-likeness (QED) is 0.710. The average Bonchev–Trinajstić information content (AvgIpc) is 2.09. The Bertz CT molecular complexity index is 382. The molecule has 0 aromatic heterocycles. The Hall–Kier alpha value is -1.71. The number of phenolic OH excluding ortho intramolecular Hbond substituents is 2. The number of phenols is 2. The maximum Gasteiger partial charge on any atom is 0.309 e. The van der Waals surface area contributed by atoms with E-state index in [0.29, 0.717) is 5.56 Å². The number of carbonyl (C=O) groups is 1. The minimum atomic E-state index is -0.936. The number of rotatable bonds is 3. The van der Waals surface area contributed by atoms with Gasteiger partial charge >= 0.3 is 5.97 Å². The molecule has 0 aliphatic rings. The van der Waals surface area contributed by atoms with Crippen LogP contribution in [0.5, 0.6) is 11.5 Å². The number of hydrogen-bond acceptors (Lipinski definition) is 3. The molecule has 0 atom stereocenters. The summed E-state index contributed by atoms with van der Waals surface area (Å²) in [6.45, 7) is 3.17. The molecule has 0 spiro atoms. The van der Waals surface area contributed by atoms with E-state index in [4.69, 9.17) is 10.2 Å². The zero-order chi connectivity index (χ0) is 11.6. The molecular weight excluding hydrogens is 196 g/mol. The Morgan fingerprint density at radius 2 is 1.93 bits per heavy atom. The monoisotopic (exact) mass is 210 g/mol. The Kier molecular flexibility index (Phi) is 2.88. The molecule has 0 radical (unpaired) electrons. The normalized spacial score (nSPS) is 11.3. The van der Waals surface area contributed by atoms with Crippen molar-refractivity contribution in [3.05, 3.63) is 23.8 Å². The number of hydrogen-bond donors (Lipinski definition) is 3. The summed E-state index contributed by atoms with van der Waals surface area (Å²) >= 11 is 0. The lowest BCUT2D eigenvalue weighted by atomic mass is 9.85. The van der Waals surface area contributed by atoms with Crippen LogP contribution in [0.4, 0.5) is 0 Å². The predicted octanol–water partition coefficient (Wildman–Crippen LogP) is 1.75. The summed E-state index contributed by atoms with van der Waals surface area (Å²) < 4.78 is 0. The van der Waals surface area contributed by atoms with Crippen molar-refractivity contribution in [3.63, 3.8) is 0 Å². The van der Waals surface area contributed by atoms with Gasteiger partial charge in [-0.05, 0) is 31.9 Å². The van der Waals surface area contributed by atoms with Crippen molar-refractivity contribution in [2.45, 2.75) is 20.3 Å². The third kappa shape index (κ3) is 2.62. The van der Waals surface area contributed by atoms with Crippen LogP contribution in [0, 0.1) is 5.41 Å². The predicted molar refractivity (Wildman–Crippen MR) is 54.9 cm³/mol. The Labute approximate surface area is 87.8 Å². The van der Waals surface area contributed by atoms with Crippen LogP contribution >= 0.6 is 0 Å². The van der Waals surface area contributed by atoms with E-state index < -0.39 is 11.4 Å². The Morgan fingerprint density at radius 3 is 2.40 bits per heavy atom.